The first-order valence-corrected chi connectivity index (χ1v) is 9.34. The number of halogens is 1. The third kappa shape index (κ3) is 3.61. The summed E-state index contributed by atoms with van der Waals surface area (Å²) in [7, 11) is 0. The Morgan fingerprint density at radius 1 is 1.50 bits per heavy atom. The number of fused-ring (bicyclic) bond motifs is 2. The van der Waals surface area contributed by atoms with Gasteiger partial charge in [0.15, 0.2) is 0 Å². The summed E-state index contributed by atoms with van der Waals surface area (Å²) >= 11 is 0. The van der Waals surface area contributed by atoms with Crippen LogP contribution in [-0.2, 0) is 17.8 Å². The van der Waals surface area contributed by atoms with E-state index in [9.17, 15) is 14.4 Å². The van der Waals surface area contributed by atoms with Gasteiger partial charge in [0.25, 0.3) is 0 Å². The Kier molecular flexibility index (Phi) is 5.07. The molecule has 1 saturated heterocycles. The molecule has 4 rings (SSSR count). The number of nitriles is 1. The standard InChI is InChI=1S/C19H21FN6O2/c20-17-7-16(26-9-15(10-27)24-25-26)4-2-11(17)5-14(8-21)23-19(28)18-12-1-3-13(6-12)22-18/h2,4,7,9,12-14,18,22,27H,1,3,5-6,10H2,(H,23,28)/t12-,13+,14-,18-/m0/s1. The number of aromatic nitrogens is 3. The van der Waals surface area contributed by atoms with Crippen molar-refractivity contribution in [1.82, 2.24) is 25.6 Å². The highest BCUT2D eigenvalue weighted by Crippen LogP contribution is 2.35. The van der Waals surface area contributed by atoms with E-state index in [1.54, 1.807) is 12.1 Å². The van der Waals surface area contributed by atoms with Crippen LogP contribution in [0.5, 0.6) is 0 Å². The molecule has 1 amide bonds. The first-order valence-electron chi connectivity index (χ1n) is 9.34. The van der Waals surface area contributed by atoms with Crippen LogP contribution in [0.2, 0.25) is 0 Å². The number of hydrogen-bond acceptors (Lipinski definition) is 6. The van der Waals surface area contributed by atoms with E-state index in [0.717, 1.165) is 19.3 Å². The van der Waals surface area contributed by atoms with Gasteiger partial charge >= 0.3 is 0 Å². The van der Waals surface area contributed by atoms with E-state index in [1.165, 1.54) is 16.9 Å². The summed E-state index contributed by atoms with van der Waals surface area (Å²) in [5, 5.41) is 32.1. The average Bonchev–Trinajstić information content (AvgIpc) is 3.45. The number of piperidine rings is 1. The van der Waals surface area contributed by atoms with E-state index in [0.29, 0.717) is 28.9 Å². The van der Waals surface area contributed by atoms with Crippen LogP contribution < -0.4 is 10.6 Å². The lowest BCUT2D eigenvalue weighted by Gasteiger charge is -2.23. The van der Waals surface area contributed by atoms with Gasteiger partial charge in [-0.1, -0.05) is 11.3 Å². The largest absolute Gasteiger partial charge is 0.390 e. The van der Waals surface area contributed by atoms with Crippen molar-refractivity contribution in [2.45, 2.75) is 50.4 Å². The smallest absolute Gasteiger partial charge is 0.238 e. The Hall–Kier alpha value is -2.83. The van der Waals surface area contributed by atoms with E-state index in [2.05, 4.69) is 27.0 Å². The van der Waals surface area contributed by atoms with Gasteiger partial charge in [0, 0.05) is 12.5 Å². The van der Waals surface area contributed by atoms with Crippen LogP contribution in [0.3, 0.4) is 0 Å². The molecule has 1 aromatic carbocycles. The molecule has 0 radical (unpaired) electrons. The number of carbonyl (C=O) groups is 1. The van der Waals surface area contributed by atoms with Crippen LogP contribution in [-0.4, -0.2) is 44.1 Å². The van der Waals surface area contributed by atoms with Gasteiger partial charge < -0.3 is 15.7 Å². The number of benzene rings is 1. The van der Waals surface area contributed by atoms with Gasteiger partial charge in [0.05, 0.1) is 30.6 Å². The molecule has 4 atom stereocenters. The normalized spacial score (nSPS) is 24.1. The highest BCUT2D eigenvalue weighted by Gasteiger charge is 2.43. The predicted octanol–water partition coefficient (Wildman–Crippen LogP) is 0.590. The number of aliphatic hydroxyl groups is 1. The number of rotatable bonds is 6. The second-order valence-electron chi connectivity index (χ2n) is 7.40. The maximum atomic E-state index is 14.5. The molecular formula is C19H21FN6O2. The van der Waals surface area contributed by atoms with Crippen LogP contribution in [0.4, 0.5) is 4.39 Å². The summed E-state index contributed by atoms with van der Waals surface area (Å²) in [5.41, 5.74) is 1.17. The van der Waals surface area contributed by atoms with E-state index < -0.39 is 11.9 Å². The van der Waals surface area contributed by atoms with Crippen molar-refractivity contribution in [2.75, 3.05) is 0 Å². The fourth-order valence-electron chi connectivity index (χ4n) is 4.10. The van der Waals surface area contributed by atoms with Crippen molar-refractivity contribution < 1.29 is 14.3 Å². The molecule has 2 heterocycles. The number of aliphatic hydroxyl groups excluding tert-OH is 1. The Morgan fingerprint density at radius 3 is 2.96 bits per heavy atom. The van der Waals surface area contributed by atoms with Crippen molar-refractivity contribution in [2.24, 2.45) is 5.92 Å². The number of amides is 1. The molecule has 1 aromatic heterocycles. The Labute approximate surface area is 161 Å². The minimum absolute atomic E-state index is 0.0778. The lowest BCUT2D eigenvalue weighted by Crippen LogP contribution is -2.50. The van der Waals surface area contributed by atoms with Crippen molar-refractivity contribution in [3.05, 3.63) is 41.5 Å². The lowest BCUT2D eigenvalue weighted by atomic mass is 9.98. The predicted molar refractivity (Wildman–Crippen MR) is 96.5 cm³/mol. The minimum Gasteiger partial charge on any atom is -0.390 e. The minimum atomic E-state index is -0.805. The monoisotopic (exact) mass is 384 g/mol. The molecule has 2 fully saturated rings. The van der Waals surface area contributed by atoms with Crippen LogP contribution in [0.25, 0.3) is 5.69 Å². The van der Waals surface area contributed by atoms with Gasteiger partial charge in [-0.3, -0.25) is 4.79 Å². The second kappa shape index (κ2) is 7.66. The van der Waals surface area contributed by atoms with E-state index in [-0.39, 0.29) is 25.0 Å². The summed E-state index contributed by atoms with van der Waals surface area (Å²) in [4.78, 5) is 12.5. The molecular weight excluding hydrogens is 363 g/mol. The average molecular weight is 384 g/mol. The Bertz CT molecular complexity index is 923. The third-order valence-corrected chi connectivity index (χ3v) is 5.54. The van der Waals surface area contributed by atoms with Crippen LogP contribution in [0.1, 0.15) is 30.5 Å². The molecule has 146 valence electrons. The molecule has 3 N–H and O–H groups in total. The quantitative estimate of drug-likeness (QED) is 0.671. The highest BCUT2D eigenvalue weighted by molar-refractivity contribution is 5.83. The summed E-state index contributed by atoms with van der Waals surface area (Å²) in [6.45, 7) is -0.248. The summed E-state index contributed by atoms with van der Waals surface area (Å²) in [6.07, 6.45) is 4.72. The van der Waals surface area contributed by atoms with Crippen molar-refractivity contribution in [3.63, 3.8) is 0 Å². The maximum absolute atomic E-state index is 14.5. The molecule has 8 nitrogen and oxygen atoms in total. The first-order chi connectivity index (χ1) is 13.6. The van der Waals surface area contributed by atoms with Crippen molar-refractivity contribution in [1.29, 1.82) is 5.26 Å². The molecule has 1 saturated carbocycles. The Morgan fingerprint density at radius 2 is 2.36 bits per heavy atom. The van der Waals surface area contributed by atoms with Crippen LogP contribution in [0.15, 0.2) is 24.4 Å². The molecule has 9 heteroatoms. The molecule has 0 spiro atoms. The van der Waals surface area contributed by atoms with Gasteiger partial charge in [0.2, 0.25) is 5.91 Å². The first kappa shape index (κ1) is 18.5. The van der Waals surface area contributed by atoms with E-state index in [1.807, 2.05) is 0 Å². The van der Waals surface area contributed by atoms with Gasteiger partial charge in [0.1, 0.15) is 17.6 Å². The van der Waals surface area contributed by atoms with E-state index >= 15 is 0 Å². The molecule has 28 heavy (non-hydrogen) atoms. The van der Waals surface area contributed by atoms with Gasteiger partial charge in [-0.2, -0.15) is 5.26 Å². The van der Waals surface area contributed by atoms with Gasteiger partial charge in [-0.05, 0) is 42.9 Å². The zero-order valence-corrected chi connectivity index (χ0v) is 15.2. The topological polar surface area (TPSA) is 116 Å². The molecule has 2 bridgehead atoms. The maximum Gasteiger partial charge on any atom is 0.238 e. The lowest BCUT2D eigenvalue weighted by molar-refractivity contribution is -0.124. The van der Waals surface area contributed by atoms with Crippen LogP contribution >= 0.6 is 0 Å². The number of nitrogens with one attached hydrogen (secondary N) is 2. The fraction of sp³-hybridized carbons (Fsp3) is 0.474. The van der Waals surface area contributed by atoms with Crippen LogP contribution in [0, 0.1) is 23.1 Å². The number of hydrogen-bond donors (Lipinski definition) is 3. The zero-order chi connectivity index (χ0) is 19.7. The highest BCUT2D eigenvalue weighted by atomic mass is 19.1. The third-order valence-electron chi connectivity index (χ3n) is 5.54. The SMILES string of the molecule is N#C[C@H](Cc1ccc(-n2cc(CO)nn2)cc1F)NC(=O)[C@H]1N[C@@H]2CC[C@H]1C2. The van der Waals surface area contributed by atoms with Crippen molar-refractivity contribution in [3.8, 4) is 11.8 Å². The summed E-state index contributed by atoms with van der Waals surface area (Å²) in [6, 6.07) is 5.90. The van der Waals surface area contributed by atoms with E-state index in [4.69, 9.17) is 5.11 Å². The molecule has 0 unspecified atom stereocenters. The van der Waals surface area contributed by atoms with Crippen molar-refractivity contribution >= 4 is 5.91 Å². The summed E-state index contributed by atoms with van der Waals surface area (Å²) < 4.78 is 15.9. The molecule has 1 aliphatic heterocycles. The zero-order valence-electron chi connectivity index (χ0n) is 15.2. The molecule has 2 aliphatic rings. The number of nitrogens with zero attached hydrogens (tertiary/aromatic N) is 4. The molecule has 1 aliphatic carbocycles. The van der Waals surface area contributed by atoms with Gasteiger partial charge in [-0.15, -0.1) is 5.10 Å². The van der Waals surface area contributed by atoms with Gasteiger partial charge in [-0.25, -0.2) is 9.07 Å². The number of carbonyl (C=O) groups excluding carboxylic acids is 1. The Balaban J connectivity index is 1.42. The second-order valence-corrected chi connectivity index (χ2v) is 7.40. The molecule has 2 aromatic rings. The fourth-order valence-corrected chi connectivity index (χ4v) is 4.10. The summed E-state index contributed by atoms with van der Waals surface area (Å²) in [5.74, 6) is -0.354.